The second-order valence-corrected chi connectivity index (χ2v) is 5.70. The molecule has 80 valence electrons. The first-order valence-corrected chi connectivity index (χ1v) is 7.30. The lowest BCUT2D eigenvalue weighted by molar-refractivity contribution is 0.399. The number of halogens is 1. The quantitative estimate of drug-likeness (QED) is 0.750. The van der Waals surface area contributed by atoms with Gasteiger partial charge in [0.25, 0.3) is 0 Å². The second kappa shape index (κ2) is 5.32. The smallest absolute Gasteiger partial charge is 0.211 e. The van der Waals surface area contributed by atoms with Gasteiger partial charge in [0.15, 0.2) is 0 Å². The predicted molar refractivity (Wildman–Crippen MR) is 59.7 cm³/mol. The zero-order chi connectivity index (χ0) is 10.5. The van der Waals surface area contributed by atoms with Crippen molar-refractivity contribution >= 4 is 26.0 Å². The van der Waals surface area contributed by atoms with E-state index in [0.29, 0.717) is 5.33 Å². The van der Waals surface area contributed by atoms with Gasteiger partial charge in [-0.25, -0.2) is 13.1 Å². The largest absolute Gasteiger partial charge is 0.212 e. The molecule has 0 unspecified atom stereocenters. The molecule has 0 radical (unpaired) electrons. The number of hydrogen-bond donors (Lipinski definition) is 1. The molecule has 5 heteroatoms. The summed E-state index contributed by atoms with van der Waals surface area (Å²) >= 11 is 3.35. The lowest BCUT2D eigenvalue weighted by atomic mass is 9.97. The van der Waals surface area contributed by atoms with Gasteiger partial charge in [-0.1, -0.05) is 29.8 Å². The molecule has 0 aliphatic rings. The van der Waals surface area contributed by atoms with Crippen molar-refractivity contribution in [3.8, 4) is 0 Å². The first-order chi connectivity index (χ1) is 5.95. The molecule has 0 spiro atoms. The highest BCUT2D eigenvalue weighted by Gasteiger charge is 2.28. The van der Waals surface area contributed by atoms with E-state index in [9.17, 15) is 8.42 Å². The van der Waals surface area contributed by atoms with E-state index < -0.39 is 10.0 Å². The highest BCUT2D eigenvalue weighted by molar-refractivity contribution is 9.09. The van der Waals surface area contributed by atoms with Crippen LogP contribution in [0.25, 0.3) is 0 Å². The van der Waals surface area contributed by atoms with Gasteiger partial charge < -0.3 is 0 Å². The normalized spacial score (nSPS) is 13.2. The predicted octanol–water partition coefficient (Wildman–Crippen LogP) is 1.88. The van der Waals surface area contributed by atoms with Crippen molar-refractivity contribution in [2.45, 2.75) is 39.2 Å². The van der Waals surface area contributed by atoms with Gasteiger partial charge in [-0.3, -0.25) is 0 Å². The Kier molecular flexibility index (Phi) is 5.47. The van der Waals surface area contributed by atoms with Crippen LogP contribution in [0.3, 0.4) is 0 Å². The van der Waals surface area contributed by atoms with Gasteiger partial charge in [-0.2, -0.15) is 0 Å². The molecular formula is C8H18BrNO2S. The van der Waals surface area contributed by atoms with Gasteiger partial charge in [0.2, 0.25) is 10.0 Å². The number of hydrogen-bond acceptors (Lipinski definition) is 2. The maximum absolute atomic E-state index is 11.4. The maximum atomic E-state index is 11.4. The lowest BCUT2D eigenvalue weighted by Crippen LogP contribution is -2.49. The van der Waals surface area contributed by atoms with E-state index in [1.165, 1.54) is 0 Å². The third kappa shape index (κ3) is 3.95. The van der Waals surface area contributed by atoms with E-state index in [4.69, 9.17) is 0 Å². The Labute approximate surface area is 89.5 Å². The molecule has 3 nitrogen and oxygen atoms in total. The van der Waals surface area contributed by atoms with Gasteiger partial charge in [-0.15, -0.1) is 0 Å². The standard InChI is InChI=1S/C8H18BrNO2S/c1-4-8(5-2,7-9)10-13(11,12)6-3/h10H,4-7H2,1-3H3. The number of rotatable bonds is 6. The van der Waals surface area contributed by atoms with Crippen LogP contribution in [0.1, 0.15) is 33.6 Å². The Hall–Kier alpha value is 0.390. The molecule has 0 aliphatic carbocycles. The topological polar surface area (TPSA) is 46.2 Å². The van der Waals surface area contributed by atoms with Crippen LogP contribution in [-0.2, 0) is 10.0 Å². The summed E-state index contributed by atoms with van der Waals surface area (Å²) in [5.74, 6) is 0.141. The van der Waals surface area contributed by atoms with Crippen molar-refractivity contribution < 1.29 is 8.42 Å². The van der Waals surface area contributed by atoms with Crippen LogP contribution in [0.2, 0.25) is 0 Å². The molecule has 0 fully saturated rings. The summed E-state index contributed by atoms with van der Waals surface area (Å²) in [4.78, 5) is 0. The van der Waals surface area contributed by atoms with E-state index in [1.54, 1.807) is 6.92 Å². The number of sulfonamides is 1. The number of alkyl halides is 1. The molecule has 13 heavy (non-hydrogen) atoms. The zero-order valence-corrected chi connectivity index (χ0v) is 10.8. The molecule has 0 aliphatic heterocycles. The van der Waals surface area contributed by atoms with Crippen LogP contribution in [0, 0.1) is 0 Å². The van der Waals surface area contributed by atoms with Gasteiger partial charge in [-0.05, 0) is 19.8 Å². The summed E-state index contributed by atoms with van der Waals surface area (Å²) in [7, 11) is -3.09. The van der Waals surface area contributed by atoms with Crippen molar-refractivity contribution in [2.75, 3.05) is 11.1 Å². The van der Waals surface area contributed by atoms with Gasteiger partial charge in [0.05, 0.1) is 5.75 Å². The lowest BCUT2D eigenvalue weighted by Gasteiger charge is -2.30. The minimum Gasteiger partial charge on any atom is -0.212 e. The highest BCUT2D eigenvalue weighted by atomic mass is 79.9. The monoisotopic (exact) mass is 271 g/mol. The molecule has 0 saturated heterocycles. The fourth-order valence-corrected chi connectivity index (χ4v) is 3.30. The molecule has 0 amide bonds. The molecule has 0 heterocycles. The van der Waals surface area contributed by atoms with E-state index in [2.05, 4.69) is 20.7 Å². The molecule has 0 aromatic heterocycles. The third-order valence-electron chi connectivity index (χ3n) is 2.36. The van der Waals surface area contributed by atoms with Crippen LogP contribution in [0.5, 0.6) is 0 Å². The molecule has 0 bridgehead atoms. The van der Waals surface area contributed by atoms with E-state index in [-0.39, 0.29) is 11.3 Å². The van der Waals surface area contributed by atoms with Crippen LogP contribution < -0.4 is 4.72 Å². The van der Waals surface area contributed by atoms with Crippen LogP contribution >= 0.6 is 15.9 Å². The zero-order valence-electron chi connectivity index (χ0n) is 8.43. The minimum absolute atomic E-state index is 0.141. The van der Waals surface area contributed by atoms with Gasteiger partial charge in [0, 0.05) is 10.9 Å². The Morgan fingerprint density at radius 1 is 1.23 bits per heavy atom. The first-order valence-electron chi connectivity index (χ1n) is 4.53. The fourth-order valence-electron chi connectivity index (χ4n) is 1.01. The molecule has 0 aromatic carbocycles. The average molecular weight is 272 g/mol. The van der Waals surface area contributed by atoms with Crippen molar-refractivity contribution in [2.24, 2.45) is 0 Å². The molecule has 0 atom stereocenters. The fraction of sp³-hybridized carbons (Fsp3) is 1.00. The maximum Gasteiger partial charge on any atom is 0.211 e. The van der Waals surface area contributed by atoms with Gasteiger partial charge in [0.1, 0.15) is 0 Å². The Balaban J connectivity index is 4.61. The molecule has 0 aromatic rings. The minimum atomic E-state index is -3.09. The first kappa shape index (κ1) is 13.4. The summed E-state index contributed by atoms with van der Waals surface area (Å²) in [6.07, 6.45) is 1.60. The summed E-state index contributed by atoms with van der Waals surface area (Å²) in [5.41, 5.74) is -0.311. The number of nitrogens with one attached hydrogen (secondary N) is 1. The van der Waals surface area contributed by atoms with Crippen LogP contribution in [0.15, 0.2) is 0 Å². The average Bonchev–Trinajstić information content (AvgIpc) is 2.14. The molecule has 0 saturated carbocycles. The molecule has 1 N–H and O–H groups in total. The van der Waals surface area contributed by atoms with Crippen molar-refractivity contribution in [1.29, 1.82) is 0 Å². The molecule has 0 rings (SSSR count). The van der Waals surface area contributed by atoms with Crippen LogP contribution in [-0.4, -0.2) is 25.0 Å². The van der Waals surface area contributed by atoms with Crippen LogP contribution in [0.4, 0.5) is 0 Å². The Morgan fingerprint density at radius 2 is 1.69 bits per heavy atom. The summed E-state index contributed by atoms with van der Waals surface area (Å²) in [5, 5.41) is 0.659. The second-order valence-electron chi connectivity index (χ2n) is 3.13. The third-order valence-corrected chi connectivity index (χ3v) is 4.94. The molecular weight excluding hydrogens is 254 g/mol. The van der Waals surface area contributed by atoms with E-state index in [1.807, 2.05) is 13.8 Å². The SMILES string of the molecule is CCC(CC)(CBr)NS(=O)(=O)CC. The Morgan fingerprint density at radius 3 is 1.92 bits per heavy atom. The van der Waals surface area contributed by atoms with Crippen molar-refractivity contribution in [3.63, 3.8) is 0 Å². The Bertz CT molecular complexity index is 226. The van der Waals surface area contributed by atoms with E-state index >= 15 is 0 Å². The summed E-state index contributed by atoms with van der Waals surface area (Å²) in [6.45, 7) is 5.62. The van der Waals surface area contributed by atoms with Crippen molar-refractivity contribution in [1.82, 2.24) is 4.72 Å². The summed E-state index contributed by atoms with van der Waals surface area (Å²) < 4.78 is 25.5. The van der Waals surface area contributed by atoms with Crippen molar-refractivity contribution in [3.05, 3.63) is 0 Å². The highest BCUT2D eigenvalue weighted by Crippen LogP contribution is 2.19. The summed E-state index contributed by atoms with van der Waals surface area (Å²) in [6, 6.07) is 0. The van der Waals surface area contributed by atoms with Gasteiger partial charge >= 0.3 is 0 Å². The van der Waals surface area contributed by atoms with E-state index in [0.717, 1.165) is 12.8 Å².